The van der Waals surface area contributed by atoms with Gasteiger partial charge in [0, 0.05) is 18.8 Å². The number of nitrogens with zero attached hydrogens (tertiary/aromatic N) is 3. The van der Waals surface area contributed by atoms with Crippen molar-refractivity contribution in [3.63, 3.8) is 0 Å². The maximum absolute atomic E-state index is 12.4. The average molecular weight is 367 g/mol. The van der Waals surface area contributed by atoms with Crippen LogP contribution in [0.1, 0.15) is 28.8 Å². The van der Waals surface area contributed by atoms with Gasteiger partial charge >= 0.3 is 0 Å². The maximum atomic E-state index is 12.4. The molecule has 1 aromatic heterocycles. The highest BCUT2D eigenvalue weighted by Crippen LogP contribution is 2.27. The van der Waals surface area contributed by atoms with Crippen LogP contribution in [0.4, 0.5) is 0 Å². The quantitative estimate of drug-likeness (QED) is 0.751. The van der Waals surface area contributed by atoms with Gasteiger partial charge in [-0.2, -0.15) is 5.26 Å². The Morgan fingerprint density at radius 2 is 2.04 bits per heavy atom. The molecule has 8 heteroatoms. The fourth-order valence-corrected chi connectivity index (χ4v) is 5.45. The van der Waals surface area contributed by atoms with Crippen molar-refractivity contribution in [2.24, 2.45) is 0 Å². The molecule has 1 fully saturated rings. The number of aromatic nitrogens is 1. The lowest BCUT2D eigenvalue weighted by molar-refractivity contribution is -0.128. The molecular weight excluding hydrogens is 346 g/mol. The van der Waals surface area contributed by atoms with E-state index in [0.29, 0.717) is 17.0 Å². The lowest BCUT2D eigenvalue weighted by atomic mass is 10.1. The zero-order valence-electron chi connectivity index (χ0n) is 14.3. The van der Waals surface area contributed by atoms with Gasteiger partial charge < -0.3 is 4.90 Å². The Kier molecular flexibility index (Phi) is 5.56. The molecule has 0 saturated carbocycles. The van der Waals surface area contributed by atoms with Gasteiger partial charge in [0.2, 0.25) is 5.91 Å². The number of nitriles is 1. The van der Waals surface area contributed by atoms with E-state index in [4.69, 9.17) is 0 Å². The minimum Gasteiger partial charge on any atom is -0.341 e. The molecule has 1 aromatic rings. The standard InChI is InChI=1S/C16H21N3O3S2/c1-10-11(2)14(7-17)16(18-12(10)3)23-8-15(20)19(4)13-5-6-24(21,22)9-13/h13H,5-6,8-9H2,1-4H3/t13-/m0/s1. The van der Waals surface area contributed by atoms with Gasteiger partial charge in [-0.05, 0) is 38.3 Å². The number of hydrogen-bond acceptors (Lipinski definition) is 6. The van der Waals surface area contributed by atoms with Crippen LogP contribution < -0.4 is 0 Å². The van der Waals surface area contributed by atoms with Crippen LogP contribution in [-0.2, 0) is 14.6 Å². The summed E-state index contributed by atoms with van der Waals surface area (Å²) in [5.41, 5.74) is 3.21. The number of carbonyl (C=O) groups excluding carboxylic acids is 1. The van der Waals surface area contributed by atoms with Crippen molar-refractivity contribution in [3.05, 3.63) is 22.4 Å². The molecule has 1 aliphatic rings. The van der Waals surface area contributed by atoms with Crippen LogP contribution in [0.3, 0.4) is 0 Å². The summed E-state index contributed by atoms with van der Waals surface area (Å²) in [6.45, 7) is 5.68. The topological polar surface area (TPSA) is 91.1 Å². The first-order valence-electron chi connectivity index (χ1n) is 7.63. The van der Waals surface area contributed by atoms with Gasteiger partial charge in [-0.25, -0.2) is 13.4 Å². The van der Waals surface area contributed by atoms with Gasteiger partial charge in [-0.15, -0.1) is 0 Å². The van der Waals surface area contributed by atoms with Crippen molar-refractivity contribution in [1.29, 1.82) is 5.26 Å². The van der Waals surface area contributed by atoms with Gasteiger partial charge in [0.15, 0.2) is 9.84 Å². The fraction of sp³-hybridized carbons (Fsp3) is 0.562. The van der Waals surface area contributed by atoms with Crippen LogP contribution in [0.2, 0.25) is 0 Å². The predicted molar refractivity (Wildman–Crippen MR) is 93.7 cm³/mol. The number of sulfone groups is 1. The summed E-state index contributed by atoms with van der Waals surface area (Å²) in [5.74, 6) is 0.156. The fourth-order valence-electron chi connectivity index (χ4n) is 2.66. The van der Waals surface area contributed by atoms with E-state index < -0.39 is 9.84 Å². The Morgan fingerprint density at radius 1 is 1.38 bits per heavy atom. The minimum atomic E-state index is -3.02. The highest BCUT2D eigenvalue weighted by atomic mass is 32.2. The Bertz CT molecular complexity index is 813. The molecule has 0 unspecified atom stereocenters. The summed E-state index contributed by atoms with van der Waals surface area (Å²) < 4.78 is 23.1. The van der Waals surface area contributed by atoms with E-state index in [1.54, 1.807) is 7.05 Å². The van der Waals surface area contributed by atoms with E-state index in [9.17, 15) is 18.5 Å². The minimum absolute atomic E-state index is 0.0321. The van der Waals surface area contributed by atoms with E-state index >= 15 is 0 Å². The largest absolute Gasteiger partial charge is 0.341 e. The van der Waals surface area contributed by atoms with Crippen molar-refractivity contribution < 1.29 is 13.2 Å². The number of aryl methyl sites for hydroxylation is 1. The van der Waals surface area contributed by atoms with Crippen molar-refractivity contribution in [1.82, 2.24) is 9.88 Å². The van der Waals surface area contributed by atoms with Crippen LogP contribution in [0.15, 0.2) is 5.03 Å². The maximum Gasteiger partial charge on any atom is 0.233 e. The zero-order valence-corrected chi connectivity index (χ0v) is 15.9. The summed E-state index contributed by atoms with van der Waals surface area (Å²) >= 11 is 1.23. The molecule has 0 aliphatic carbocycles. The second-order valence-electron chi connectivity index (χ2n) is 6.09. The average Bonchev–Trinajstić information content (AvgIpc) is 2.89. The smallest absolute Gasteiger partial charge is 0.233 e. The molecule has 6 nitrogen and oxygen atoms in total. The molecule has 0 N–H and O–H groups in total. The van der Waals surface area contributed by atoms with Crippen LogP contribution in [0.25, 0.3) is 0 Å². The van der Waals surface area contributed by atoms with E-state index in [2.05, 4.69) is 11.1 Å². The van der Waals surface area contributed by atoms with E-state index in [1.807, 2.05) is 20.8 Å². The van der Waals surface area contributed by atoms with E-state index in [0.717, 1.165) is 16.8 Å². The van der Waals surface area contributed by atoms with Gasteiger partial charge in [0.25, 0.3) is 0 Å². The SMILES string of the molecule is Cc1nc(SCC(=O)N(C)[C@H]2CCS(=O)(=O)C2)c(C#N)c(C)c1C. The van der Waals surface area contributed by atoms with Crippen LogP contribution in [-0.4, -0.2) is 54.6 Å². The number of rotatable bonds is 4. The van der Waals surface area contributed by atoms with Crippen molar-refractivity contribution >= 4 is 27.5 Å². The molecule has 1 saturated heterocycles. The molecular formula is C16H21N3O3S2. The summed E-state index contributed by atoms with van der Waals surface area (Å²) in [6.07, 6.45) is 0.486. The van der Waals surface area contributed by atoms with Gasteiger partial charge in [-0.3, -0.25) is 4.79 Å². The molecule has 0 radical (unpaired) electrons. The first-order chi connectivity index (χ1) is 11.2. The molecule has 0 aromatic carbocycles. The third kappa shape index (κ3) is 3.90. The number of pyridine rings is 1. The first kappa shape index (κ1) is 18.7. The summed E-state index contributed by atoms with van der Waals surface area (Å²) in [6, 6.07) is 1.91. The monoisotopic (exact) mass is 367 g/mol. The van der Waals surface area contributed by atoms with Crippen LogP contribution >= 0.6 is 11.8 Å². The molecule has 2 rings (SSSR count). The Hall–Kier alpha value is -1.59. The van der Waals surface area contributed by atoms with Gasteiger partial charge in [0.05, 0.1) is 22.8 Å². The van der Waals surface area contributed by atoms with E-state index in [-0.39, 0.29) is 29.2 Å². The zero-order chi connectivity index (χ0) is 18.1. The lowest BCUT2D eigenvalue weighted by Crippen LogP contribution is -2.38. The number of amides is 1. The summed E-state index contributed by atoms with van der Waals surface area (Å²) in [7, 11) is -1.39. The Labute approximate surface area is 147 Å². The summed E-state index contributed by atoms with van der Waals surface area (Å²) in [4.78, 5) is 18.3. The molecule has 24 heavy (non-hydrogen) atoms. The van der Waals surface area contributed by atoms with Crippen molar-refractivity contribution in [2.45, 2.75) is 38.3 Å². The number of hydrogen-bond donors (Lipinski definition) is 0. The highest BCUT2D eigenvalue weighted by molar-refractivity contribution is 8.00. The molecule has 0 bridgehead atoms. The second kappa shape index (κ2) is 7.11. The lowest BCUT2D eigenvalue weighted by Gasteiger charge is -2.23. The normalized spacial score (nSPS) is 19.0. The van der Waals surface area contributed by atoms with Crippen molar-refractivity contribution in [2.75, 3.05) is 24.3 Å². The third-order valence-electron chi connectivity index (χ3n) is 4.56. The van der Waals surface area contributed by atoms with Gasteiger partial charge in [0.1, 0.15) is 11.1 Å². The Balaban J connectivity index is 2.09. The molecule has 1 aliphatic heterocycles. The third-order valence-corrected chi connectivity index (χ3v) is 7.27. The van der Waals surface area contributed by atoms with E-state index in [1.165, 1.54) is 16.7 Å². The first-order valence-corrected chi connectivity index (χ1v) is 10.4. The number of carbonyl (C=O) groups is 1. The van der Waals surface area contributed by atoms with Crippen LogP contribution in [0.5, 0.6) is 0 Å². The van der Waals surface area contributed by atoms with Gasteiger partial charge in [-0.1, -0.05) is 11.8 Å². The molecule has 0 spiro atoms. The molecule has 1 atom stereocenters. The second-order valence-corrected chi connectivity index (χ2v) is 9.28. The predicted octanol–water partition coefficient (Wildman–Crippen LogP) is 1.62. The Morgan fingerprint density at radius 3 is 2.58 bits per heavy atom. The molecule has 1 amide bonds. The summed E-state index contributed by atoms with van der Waals surface area (Å²) in [5, 5.41) is 9.91. The number of thioether (sulfide) groups is 1. The molecule has 2 heterocycles. The highest BCUT2D eigenvalue weighted by Gasteiger charge is 2.32. The van der Waals surface area contributed by atoms with Crippen molar-refractivity contribution in [3.8, 4) is 6.07 Å². The van der Waals surface area contributed by atoms with Crippen LogP contribution in [0, 0.1) is 32.1 Å². The molecule has 130 valence electrons.